The van der Waals surface area contributed by atoms with Crippen molar-refractivity contribution in [3.8, 4) is 0 Å². The monoisotopic (exact) mass is 927 g/mol. The number of hydrogen-bond acceptors (Lipinski definition) is 6. The van der Waals surface area contributed by atoms with Gasteiger partial charge in [0.25, 0.3) is 7.82 Å². The summed E-state index contributed by atoms with van der Waals surface area (Å²) in [6, 6.07) is -0.934. The predicted molar refractivity (Wildman–Crippen MR) is 279 cm³/mol. The third-order valence-corrected chi connectivity index (χ3v) is 12.0. The van der Waals surface area contributed by atoms with E-state index in [2.05, 4.69) is 104 Å². The number of unbranched alkanes of at least 4 members (excludes halogenated alkanes) is 19. The van der Waals surface area contributed by atoms with Crippen molar-refractivity contribution < 1.29 is 32.9 Å². The molecule has 0 saturated carbocycles. The largest absolute Gasteiger partial charge is 0.756 e. The van der Waals surface area contributed by atoms with Gasteiger partial charge in [-0.3, -0.25) is 9.36 Å². The molecule has 0 fully saturated rings. The SMILES string of the molecule is CC/C=C\C/C=C\C/C=C\C/C=C\C/C=C\CCCCCC(=O)NC(COP(=O)([O-])OCC[N+](C)(C)C)C(O)/C=C/CC/C=C/CC/C=C/CCCCCCCCCCCCCCCC. The molecule has 0 radical (unpaired) electrons. The molecule has 0 aromatic rings. The molecular formula is C56H99N2O6P. The quantitative estimate of drug-likeness (QED) is 0.0272. The molecule has 0 aromatic heterocycles. The van der Waals surface area contributed by atoms with Crippen LogP contribution in [-0.2, 0) is 18.4 Å². The first-order valence-electron chi connectivity index (χ1n) is 26.1. The summed E-state index contributed by atoms with van der Waals surface area (Å²) >= 11 is 0. The van der Waals surface area contributed by atoms with Gasteiger partial charge in [0, 0.05) is 6.42 Å². The lowest BCUT2D eigenvalue weighted by Gasteiger charge is -2.29. The van der Waals surface area contributed by atoms with Crippen molar-refractivity contribution >= 4 is 13.7 Å². The van der Waals surface area contributed by atoms with E-state index in [1.54, 1.807) is 6.08 Å². The number of hydrogen-bond donors (Lipinski definition) is 2. The van der Waals surface area contributed by atoms with E-state index in [4.69, 9.17) is 9.05 Å². The molecule has 0 aliphatic carbocycles. The van der Waals surface area contributed by atoms with Crippen LogP contribution in [0.3, 0.4) is 0 Å². The second-order valence-corrected chi connectivity index (χ2v) is 19.9. The van der Waals surface area contributed by atoms with Crippen LogP contribution in [-0.4, -0.2) is 68.5 Å². The van der Waals surface area contributed by atoms with Gasteiger partial charge in [0.05, 0.1) is 39.9 Å². The molecule has 0 heterocycles. The molecular weight excluding hydrogens is 828 g/mol. The van der Waals surface area contributed by atoms with E-state index in [0.29, 0.717) is 17.4 Å². The van der Waals surface area contributed by atoms with E-state index in [9.17, 15) is 19.4 Å². The van der Waals surface area contributed by atoms with Gasteiger partial charge in [-0.05, 0) is 89.9 Å². The van der Waals surface area contributed by atoms with Crippen LogP contribution in [0.5, 0.6) is 0 Å². The topological polar surface area (TPSA) is 108 Å². The minimum Gasteiger partial charge on any atom is -0.756 e. The van der Waals surface area contributed by atoms with Gasteiger partial charge in [0.2, 0.25) is 5.91 Å². The van der Waals surface area contributed by atoms with Gasteiger partial charge in [0.1, 0.15) is 13.2 Å². The third kappa shape index (κ3) is 49.2. The molecule has 1 amide bonds. The molecule has 65 heavy (non-hydrogen) atoms. The molecule has 0 spiro atoms. The maximum atomic E-state index is 12.9. The number of likely N-dealkylation sites (N-methyl/N-ethyl adjacent to an activating group) is 1. The Labute approximate surface area is 400 Å². The van der Waals surface area contributed by atoms with Crippen molar-refractivity contribution in [2.45, 2.75) is 212 Å². The van der Waals surface area contributed by atoms with E-state index in [1.165, 1.54) is 96.3 Å². The fraction of sp³-hybridized carbons (Fsp3) is 0.696. The predicted octanol–water partition coefficient (Wildman–Crippen LogP) is 14.8. The number of quaternary nitrogens is 1. The number of phosphoric acid groups is 1. The number of nitrogens with one attached hydrogen (secondary N) is 1. The Morgan fingerprint density at radius 2 is 0.954 bits per heavy atom. The van der Waals surface area contributed by atoms with E-state index in [0.717, 1.165) is 77.0 Å². The van der Waals surface area contributed by atoms with Crippen molar-refractivity contribution in [2.75, 3.05) is 40.9 Å². The zero-order chi connectivity index (χ0) is 47.8. The summed E-state index contributed by atoms with van der Waals surface area (Å²) in [6.45, 7) is 4.47. The number of allylic oxidation sites excluding steroid dienone is 15. The van der Waals surface area contributed by atoms with Crippen molar-refractivity contribution in [1.29, 1.82) is 0 Å². The molecule has 0 bridgehead atoms. The Morgan fingerprint density at radius 1 is 0.554 bits per heavy atom. The Hall–Kier alpha value is -2.58. The fourth-order valence-electron chi connectivity index (χ4n) is 6.92. The second-order valence-electron chi connectivity index (χ2n) is 18.5. The van der Waals surface area contributed by atoms with Crippen molar-refractivity contribution in [3.63, 3.8) is 0 Å². The van der Waals surface area contributed by atoms with Gasteiger partial charge in [-0.2, -0.15) is 0 Å². The van der Waals surface area contributed by atoms with Gasteiger partial charge in [0.15, 0.2) is 0 Å². The first kappa shape index (κ1) is 62.4. The van der Waals surface area contributed by atoms with Gasteiger partial charge in [-0.15, -0.1) is 0 Å². The molecule has 9 heteroatoms. The van der Waals surface area contributed by atoms with E-state index >= 15 is 0 Å². The lowest BCUT2D eigenvalue weighted by atomic mass is 10.0. The highest BCUT2D eigenvalue weighted by molar-refractivity contribution is 7.45. The zero-order valence-corrected chi connectivity index (χ0v) is 43.3. The van der Waals surface area contributed by atoms with Crippen molar-refractivity contribution in [3.05, 3.63) is 97.2 Å². The lowest BCUT2D eigenvalue weighted by molar-refractivity contribution is -0.870. The summed E-state index contributed by atoms with van der Waals surface area (Å²) < 4.78 is 23.2. The summed E-state index contributed by atoms with van der Waals surface area (Å²) in [4.78, 5) is 25.4. The molecule has 374 valence electrons. The highest BCUT2D eigenvalue weighted by atomic mass is 31.2. The van der Waals surface area contributed by atoms with Crippen LogP contribution in [0, 0.1) is 0 Å². The minimum atomic E-state index is -4.62. The van der Waals surface area contributed by atoms with Gasteiger partial charge < -0.3 is 28.8 Å². The number of amides is 1. The van der Waals surface area contributed by atoms with E-state index in [1.807, 2.05) is 27.2 Å². The standard InChI is InChI=1S/C56H99N2O6P/c1-6-8-10-12-14-16-18-20-22-24-26-27-28-29-30-32-33-35-37-39-41-43-45-47-49-55(59)54(53-64-65(61,62)63-52-51-58(3,4)5)57-56(60)50-48-46-44-42-40-38-36-34-31-25-23-21-19-17-15-13-11-9-7-2/h9,11,15,17,21,23,31-34,38-41,47,49,54-55,59H,6-8,10,12-14,16,18-20,22,24-30,35-37,42-46,48,50-53H2,1-5H3,(H-,57,60,61,62)/b11-9-,17-15-,23-21-,33-32+,34-31-,40-38-,41-39+,49-47+. The minimum absolute atomic E-state index is 0.0211. The molecule has 3 unspecified atom stereocenters. The summed E-state index contributed by atoms with van der Waals surface area (Å²) in [6.07, 6.45) is 66.2. The number of carbonyl (C=O) groups excluding carboxylic acids is 1. The molecule has 8 nitrogen and oxygen atoms in total. The summed E-state index contributed by atoms with van der Waals surface area (Å²) in [5.41, 5.74) is 0. The fourth-order valence-corrected chi connectivity index (χ4v) is 7.64. The van der Waals surface area contributed by atoms with Crippen LogP contribution in [0.4, 0.5) is 0 Å². The Kier molecular flexibility index (Phi) is 44.7. The highest BCUT2D eigenvalue weighted by Gasteiger charge is 2.23. The Bertz CT molecular complexity index is 1370. The van der Waals surface area contributed by atoms with Crippen molar-refractivity contribution in [1.82, 2.24) is 5.32 Å². The number of phosphoric ester groups is 1. The van der Waals surface area contributed by atoms with Crippen LogP contribution in [0.15, 0.2) is 97.2 Å². The second kappa shape index (κ2) is 46.5. The number of carbonyl (C=O) groups is 1. The molecule has 0 rings (SSSR count). The molecule has 0 aliphatic heterocycles. The maximum absolute atomic E-state index is 12.9. The van der Waals surface area contributed by atoms with Crippen LogP contribution in [0.25, 0.3) is 0 Å². The van der Waals surface area contributed by atoms with Crippen LogP contribution < -0.4 is 10.2 Å². The molecule has 0 saturated heterocycles. The number of aliphatic hydroxyl groups excluding tert-OH is 1. The maximum Gasteiger partial charge on any atom is 0.268 e. The van der Waals surface area contributed by atoms with Crippen LogP contribution in [0.1, 0.15) is 200 Å². The average molecular weight is 927 g/mol. The molecule has 2 N–H and O–H groups in total. The van der Waals surface area contributed by atoms with Gasteiger partial charge >= 0.3 is 0 Å². The van der Waals surface area contributed by atoms with Crippen LogP contribution in [0.2, 0.25) is 0 Å². The first-order chi connectivity index (χ1) is 31.5. The van der Waals surface area contributed by atoms with E-state index in [-0.39, 0.29) is 18.9 Å². The molecule has 0 aliphatic rings. The summed E-state index contributed by atoms with van der Waals surface area (Å²) in [5, 5.41) is 13.8. The first-order valence-corrected chi connectivity index (χ1v) is 27.6. The number of rotatable bonds is 46. The zero-order valence-electron chi connectivity index (χ0n) is 42.4. The number of nitrogens with zero attached hydrogens (tertiary/aromatic N) is 1. The smallest absolute Gasteiger partial charge is 0.268 e. The normalized spacial score (nSPS) is 14.9. The van der Waals surface area contributed by atoms with Gasteiger partial charge in [-0.1, -0.05) is 201 Å². The average Bonchev–Trinajstić information content (AvgIpc) is 3.26. The molecule has 0 aromatic carbocycles. The Balaban J connectivity index is 4.45. The number of aliphatic hydroxyl groups is 1. The summed E-state index contributed by atoms with van der Waals surface area (Å²) in [5.74, 6) is -0.246. The Morgan fingerprint density at radius 3 is 1.43 bits per heavy atom. The highest BCUT2D eigenvalue weighted by Crippen LogP contribution is 2.38. The lowest BCUT2D eigenvalue weighted by Crippen LogP contribution is -2.45. The molecule has 3 atom stereocenters. The van der Waals surface area contributed by atoms with Crippen LogP contribution >= 0.6 is 7.82 Å². The van der Waals surface area contributed by atoms with Crippen molar-refractivity contribution in [2.24, 2.45) is 0 Å². The third-order valence-electron chi connectivity index (χ3n) is 11.0. The van der Waals surface area contributed by atoms with Gasteiger partial charge in [-0.25, -0.2) is 0 Å². The summed E-state index contributed by atoms with van der Waals surface area (Å²) in [7, 11) is 1.20. The van der Waals surface area contributed by atoms with E-state index < -0.39 is 26.6 Å².